The zero-order valence-electron chi connectivity index (χ0n) is 13.7. The van der Waals surface area contributed by atoms with Gasteiger partial charge in [-0.25, -0.2) is 0 Å². The normalized spacial score (nSPS) is 11.7. The molecule has 0 heterocycles. The third-order valence-electron chi connectivity index (χ3n) is 4.08. The lowest BCUT2D eigenvalue weighted by Crippen LogP contribution is -2.09. The smallest absolute Gasteiger partial charge is 0.170 e. The second-order valence-corrected chi connectivity index (χ2v) is 5.80. The van der Waals surface area contributed by atoms with E-state index in [4.69, 9.17) is 4.74 Å². The van der Waals surface area contributed by atoms with E-state index in [1.807, 2.05) is 91.9 Å². The first kappa shape index (κ1) is 16.0. The van der Waals surface area contributed by atoms with Gasteiger partial charge in [-0.3, -0.25) is 4.79 Å². The van der Waals surface area contributed by atoms with Gasteiger partial charge in [0.15, 0.2) is 5.78 Å². The molecule has 0 aliphatic heterocycles. The molecule has 3 rings (SSSR count). The molecule has 24 heavy (non-hydrogen) atoms. The maximum absolute atomic E-state index is 12.5. The zero-order valence-corrected chi connectivity index (χ0v) is 13.7. The molecule has 0 radical (unpaired) electrons. The minimum Gasteiger partial charge on any atom is -0.489 e. The van der Waals surface area contributed by atoms with E-state index in [2.05, 4.69) is 0 Å². The number of carbonyl (C=O) groups excluding carboxylic acids is 1. The Hall–Kier alpha value is -2.87. The van der Waals surface area contributed by atoms with E-state index in [9.17, 15) is 4.79 Å². The third kappa shape index (κ3) is 3.90. The average Bonchev–Trinajstić information content (AvgIpc) is 2.67. The quantitative estimate of drug-likeness (QED) is 0.580. The molecule has 0 N–H and O–H groups in total. The topological polar surface area (TPSA) is 26.3 Å². The highest BCUT2D eigenvalue weighted by atomic mass is 16.5. The van der Waals surface area contributed by atoms with Gasteiger partial charge in [-0.15, -0.1) is 0 Å². The molecule has 120 valence electrons. The maximum Gasteiger partial charge on any atom is 0.170 e. The lowest BCUT2D eigenvalue weighted by Gasteiger charge is -2.12. The summed E-state index contributed by atoms with van der Waals surface area (Å²) in [6.45, 7) is 2.48. The monoisotopic (exact) mass is 316 g/mol. The van der Waals surface area contributed by atoms with E-state index in [1.165, 1.54) is 0 Å². The molecule has 1 atom stereocenters. The summed E-state index contributed by atoms with van der Waals surface area (Å²) < 4.78 is 5.79. The van der Waals surface area contributed by atoms with E-state index in [1.54, 1.807) is 0 Å². The first-order valence-electron chi connectivity index (χ1n) is 8.10. The van der Waals surface area contributed by atoms with Gasteiger partial charge < -0.3 is 4.74 Å². The van der Waals surface area contributed by atoms with Gasteiger partial charge in [-0.2, -0.15) is 0 Å². The van der Waals surface area contributed by atoms with Gasteiger partial charge in [-0.05, 0) is 23.3 Å². The summed E-state index contributed by atoms with van der Waals surface area (Å²) in [6, 6.07) is 27.2. The van der Waals surface area contributed by atoms with Gasteiger partial charge in [0.25, 0.3) is 0 Å². The second-order valence-electron chi connectivity index (χ2n) is 5.80. The second kappa shape index (κ2) is 7.60. The number of hydrogen-bond donors (Lipinski definition) is 0. The summed E-state index contributed by atoms with van der Waals surface area (Å²) in [4.78, 5) is 12.5. The number of Topliss-reactive ketones (excluding diaryl/α,β-unsaturated/α-hetero) is 1. The number of ketones is 1. The molecule has 0 aliphatic carbocycles. The van der Waals surface area contributed by atoms with Gasteiger partial charge in [0.2, 0.25) is 0 Å². The molecule has 1 unspecified atom stereocenters. The number of rotatable bonds is 6. The van der Waals surface area contributed by atoms with Crippen LogP contribution in [-0.4, -0.2) is 5.78 Å². The van der Waals surface area contributed by atoms with E-state index >= 15 is 0 Å². The van der Waals surface area contributed by atoms with Gasteiger partial charge >= 0.3 is 0 Å². The molecule has 0 aliphatic rings. The van der Waals surface area contributed by atoms with Crippen LogP contribution in [0.4, 0.5) is 0 Å². The third-order valence-corrected chi connectivity index (χ3v) is 4.08. The first-order chi connectivity index (χ1) is 11.7. The van der Waals surface area contributed by atoms with Crippen molar-refractivity contribution in [2.45, 2.75) is 19.4 Å². The molecule has 2 heteroatoms. The van der Waals surface area contributed by atoms with Crippen LogP contribution >= 0.6 is 0 Å². The van der Waals surface area contributed by atoms with Crippen LogP contribution in [0.3, 0.4) is 0 Å². The highest BCUT2D eigenvalue weighted by molar-refractivity contribution is 6.00. The number of hydrogen-bond acceptors (Lipinski definition) is 2. The molecule has 0 saturated carbocycles. The van der Waals surface area contributed by atoms with Crippen LogP contribution in [0.5, 0.6) is 5.75 Å². The Balaban J connectivity index is 1.64. The largest absolute Gasteiger partial charge is 0.489 e. The fraction of sp³-hybridized carbons (Fsp3) is 0.136. The molecule has 0 aromatic heterocycles. The Bertz CT molecular complexity index is 777. The molecule has 0 saturated heterocycles. The Kier molecular flexibility index (Phi) is 5.07. The van der Waals surface area contributed by atoms with Crippen LogP contribution in [0.25, 0.3) is 0 Å². The Labute approximate surface area is 142 Å². The molecular formula is C22H20O2. The Morgan fingerprint density at radius 3 is 2.04 bits per heavy atom. The van der Waals surface area contributed by atoms with E-state index in [-0.39, 0.29) is 11.7 Å². The van der Waals surface area contributed by atoms with Gasteiger partial charge in [0.1, 0.15) is 12.4 Å². The summed E-state index contributed by atoms with van der Waals surface area (Å²) in [5.74, 6) is 0.770. The maximum atomic E-state index is 12.5. The highest BCUT2D eigenvalue weighted by Gasteiger charge is 2.16. The molecular weight excluding hydrogens is 296 g/mol. The van der Waals surface area contributed by atoms with Crippen LogP contribution in [0.15, 0.2) is 84.9 Å². The highest BCUT2D eigenvalue weighted by Crippen LogP contribution is 2.23. The van der Waals surface area contributed by atoms with Crippen molar-refractivity contribution in [2.24, 2.45) is 0 Å². The lowest BCUT2D eigenvalue weighted by molar-refractivity contribution is 0.0966. The standard InChI is InChI=1S/C22H20O2/c1-17(22(23)20-10-6-3-7-11-20)19-12-14-21(15-13-19)24-16-18-8-4-2-5-9-18/h2-15,17H,16H2,1H3. The summed E-state index contributed by atoms with van der Waals surface area (Å²) >= 11 is 0. The van der Waals surface area contributed by atoms with Gasteiger partial charge in [-0.1, -0.05) is 79.7 Å². The number of ether oxygens (including phenoxy) is 1. The summed E-state index contributed by atoms with van der Waals surface area (Å²) in [7, 11) is 0. The predicted molar refractivity (Wildman–Crippen MR) is 96.4 cm³/mol. The van der Waals surface area contributed by atoms with Crippen LogP contribution < -0.4 is 4.74 Å². The van der Waals surface area contributed by atoms with E-state index in [0.717, 1.165) is 22.4 Å². The molecule has 3 aromatic carbocycles. The van der Waals surface area contributed by atoms with Crippen molar-refractivity contribution in [1.29, 1.82) is 0 Å². The van der Waals surface area contributed by atoms with Crippen molar-refractivity contribution in [3.05, 3.63) is 102 Å². The van der Waals surface area contributed by atoms with Crippen LogP contribution in [-0.2, 0) is 6.61 Å². The van der Waals surface area contributed by atoms with Crippen molar-refractivity contribution in [2.75, 3.05) is 0 Å². The fourth-order valence-electron chi connectivity index (χ4n) is 2.60. The minimum absolute atomic E-state index is 0.133. The summed E-state index contributed by atoms with van der Waals surface area (Å²) in [5, 5.41) is 0. The Morgan fingerprint density at radius 2 is 1.42 bits per heavy atom. The fourth-order valence-corrected chi connectivity index (χ4v) is 2.60. The predicted octanol–water partition coefficient (Wildman–Crippen LogP) is 5.25. The van der Waals surface area contributed by atoms with Crippen molar-refractivity contribution in [1.82, 2.24) is 0 Å². The van der Waals surface area contributed by atoms with Crippen LogP contribution in [0, 0.1) is 0 Å². The first-order valence-corrected chi connectivity index (χ1v) is 8.10. The average molecular weight is 316 g/mol. The molecule has 0 amide bonds. The van der Waals surface area contributed by atoms with Crippen molar-refractivity contribution in [3.8, 4) is 5.75 Å². The summed E-state index contributed by atoms with van der Waals surface area (Å²) in [5.41, 5.74) is 2.87. The lowest BCUT2D eigenvalue weighted by atomic mass is 9.92. The SMILES string of the molecule is CC(C(=O)c1ccccc1)c1ccc(OCc2ccccc2)cc1. The number of carbonyl (C=O) groups is 1. The zero-order chi connectivity index (χ0) is 16.8. The molecule has 0 spiro atoms. The van der Waals surface area contributed by atoms with Crippen molar-refractivity contribution in [3.63, 3.8) is 0 Å². The minimum atomic E-state index is -0.171. The molecule has 0 bridgehead atoms. The van der Waals surface area contributed by atoms with Gasteiger partial charge in [0, 0.05) is 11.5 Å². The van der Waals surface area contributed by atoms with Crippen LogP contribution in [0.1, 0.15) is 34.3 Å². The molecule has 2 nitrogen and oxygen atoms in total. The van der Waals surface area contributed by atoms with Crippen LogP contribution in [0.2, 0.25) is 0 Å². The van der Waals surface area contributed by atoms with E-state index < -0.39 is 0 Å². The van der Waals surface area contributed by atoms with Crippen molar-refractivity contribution < 1.29 is 9.53 Å². The van der Waals surface area contributed by atoms with Gasteiger partial charge in [0.05, 0.1) is 0 Å². The summed E-state index contributed by atoms with van der Waals surface area (Å²) in [6.07, 6.45) is 0. The van der Waals surface area contributed by atoms with Crippen molar-refractivity contribution >= 4 is 5.78 Å². The van der Waals surface area contributed by atoms with E-state index in [0.29, 0.717) is 6.61 Å². The number of benzene rings is 3. The molecule has 0 fully saturated rings. The molecule has 3 aromatic rings. The Morgan fingerprint density at radius 1 is 0.833 bits per heavy atom.